The first-order valence-corrected chi connectivity index (χ1v) is 21.9. The van der Waals surface area contributed by atoms with Crippen molar-refractivity contribution in [2.45, 2.75) is 67.8 Å². The summed E-state index contributed by atoms with van der Waals surface area (Å²) >= 11 is 0. The van der Waals surface area contributed by atoms with Crippen molar-refractivity contribution in [3.05, 3.63) is 101 Å². The minimum Gasteiger partial charge on any atom is -0.502 e. The lowest BCUT2D eigenvalue weighted by molar-refractivity contribution is -0.364. The maximum atomic E-state index is 13.4. The van der Waals surface area contributed by atoms with Crippen molar-refractivity contribution >= 4 is 16.0 Å². The lowest BCUT2D eigenvalue weighted by Gasteiger charge is -2.47. The molecule has 0 amide bonds. The lowest BCUT2D eigenvalue weighted by atomic mass is 9.66. The second-order valence-corrected chi connectivity index (χ2v) is 17.4. The van der Waals surface area contributed by atoms with Crippen molar-refractivity contribution in [3.63, 3.8) is 0 Å². The summed E-state index contributed by atoms with van der Waals surface area (Å²) in [6.45, 7) is 3.75. The molecule has 10 atom stereocenters. The average Bonchev–Trinajstić information content (AvgIpc) is 4.03. The van der Waals surface area contributed by atoms with Crippen LogP contribution in [-0.4, -0.2) is 106 Å². The monoisotopic (exact) mass is 902 g/mol. The van der Waals surface area contributed by atoms with Gasteiger partial charge in [0, 0.05) is 17.4 Å². The molecule has 2 unspecified atom stereocenters. The van der Waals surface area contributed by atoms with Crippen molar-refractivity contribution in [2.24, 2.45) is 17.0 Å². The third kappa shape index (κ3) is 7.91. The molecule has 1 aliphatic carbocycles. The van der Waals surface area contributed by atoms with Crippen LogP contribution in [0.1, 0.15) is 41.4 Å². The van der Waals surface area contributed by atoms with Gasteiger partial charge in [0.25, 0.3) is 0 Å². The van der Waals surface area contributed by atoms with Crippen LogP contribution in [-0.2, 0) is 38.5 Å². The van der Waals surface area contributed by atoms with Crippen LogP contribution in [0.3, 0.4) is 0 Å². The number of aliphatic hydroxyl groups is 2. The topological polar surface area (TPSA) is 247 Å². The summed E-state index contributed by atoms with van der Waals surface area (Å²) in [6.07, 6.45) is -6.80. The first-order valence-electron chi connectivity index (χ1n) is 20.4. The molecule has 338 valence electrons. The van der Waals surface area contributed by atoms with Gasteiger partial charge < -0.3 is 62.5 Å². The van der Waals surface area contributed by atoms with Crippen molar-refractivity contribution in [1.82, 2.24) is 5.16 Å². The molecule has 19 heteroatoms. The molecule has 0 bridgehead atoms. The van der Waals surface area contributed by atoms with E-state index < -0.39 is 76.8 Å². The number of benzene rings is 4. The zero-order valence-electron chi connectivity index (χ0n) is 35.0. The summed E-state index contributed by atoms with van der Waals surface area (Å²) in [5.41, 5.74) is 5.34. The number of sulfonamides is 1. The van der Waals surface area contributed by atoms with E-state index in [0.29, 0.717) is 33.9 Å². The number of nitrogens with zero attached hydrogens (tertiary/aromatic N) is 1. The molecule has 4 aliphatic heterocycles. The number of ether oxygens (including phenoxy) is 9. The van der Waals surface area contributed by atoms with Gasteiger partial charge in [-0.15, -0.1) is 0 Å². The summed E-state index contributed by atoms with van der Waals surface area (Å²) in [5, 5.41) is 41.7. The van der Waals surface area contributed by atoms with Crippen LogP contribution in [0.2, 0.25) is 0 Å². The van der Waals surface area contributed by atoms with Gasteiger partial charge in [-0.3, -0.25) is 4.79 Å². The molecule has 18 nitrogen and oxygen atoms in total. The first kappa shape index (κ1) is 43.5. The highest BCUT2D eigenvalue weighted by atomic mass is 32.2. The summed E-state index contributed by atoms with van der Waals surface area (Å²) in [7, 11) is -0.840. The van der Waals surface area contributed by atoms with E-state index in [9.17, 15) is 28.5 Å². The standard InChI is InChI=1S/C29H32O13.C16H14N2O3S/c1-11-36-9-20-27(40-11)24(31)25(32)29(41-20)42-26-14-7-17-16(38-10-39-17)6-13(14)21(22-15(26)8-37-28(22)33)12-4-18(34-2)23(30)19(5-12)35-3;1-11-15(12-7-9-14(10-8-12)22(17,19)20)16(18-21-11)13-5-3-2-4-6-13/h4-7,11,15,20-22,24-27,29-32H,8-10H2,1-3H3;2-10H,1H3,(H2,17,19,20)/t11-,15?,20-,21-,22+,24-,25-,26?,27-,29+;/m1./s1. The number of cyclic esters (lactones) is 1. The number of aryl methyl sites for hydroxylation is 1. The summed E-state index contributed by atoms with van der Waals surface area (Å²) in [5.74, 6) is -0.356. The molecule has 5 aromatic rings. The second kappa shape index (κ2) is 17.3. The minimum absolute atomic E-state index is 0.0301. The number of carbonyl (C=O) groups excluding carboxylic acids is 1. The molecule has 64 heavy (non-hydrogen) atoms. The number of hydrogen-bond donors (Lipinski definition) is 4. The summed E-state index contributed by atoms with van der Waals surface area (Å²) in [4.78, 5) is 13.5. The maximum absolute atomic E-state index is 13.4. The number of nitrogens with two attached hydrogens (primary N) is 1. The van der Waals surface area contributed by atoms with E-state index in [0.717, 1.165) is 22.4 Å². The normalized spacial score (nSPS) is 27.9. The van der Waals surface area contributed by atoms with Crippen molar-refractivity contribution in [1.29, 1.82) is 0 Å². The number of phenols is 1. The molecule has 10 rings (SSSR count). The number of hydrogen-bond acceptors (Lipinski definition) is 17. The van der Waals surface area contributed by atoms with Crippen LogP contribution in [0.25, 0.3) is 22.4 Å². The van der Waals surface area contributed by atoms with Gasteiger partial charge in [0.2, 0.25) is 22.6 Å². The van der Waals surface area contributed by atoms with Crippen LogP contribution < -0.4 is 24.1 Å². The van der Waals surface area contributed by atoms with Crippen molar-refractivity contribution in [2.75, 3.05) is 34.2 Å². The Morgan fingerprint density at radius 2 is 1.50 bits per heavy atom. The second-order valence-electron chi connectivity index (χ2n) is 15.9. The molecule has 5 aliphatic rings. The number of carbonyl (C=O) groups is 1. The molecule has 5 N–H and O–H groups in total. The Bertz CT molecular complexity index is 2610. The van der Waals surface area contributed by atoms with E-state index in [-0.39, 0.29) is 42.2 Å². The summed E-state index contributed by atoms with van der Waals surface area (Å²) < 4.78 is 79.5. The third-order valence-electron chi connectivity index (χ3n) is 12.1. The Kier molecular flexibility index (Phi) is 11.8. The molecular weight excluding hydrogens is 857 g/mol. The smallest absolute Gasteiger partial charge is 0.310 e. The summed E-state index contributed by atoms with van der Waals surface area (Å²) in [6, 6.07) is 22.9. The fraction of sp³-hybridized carbons (Fsp3) is 0.378. The Balaban J connectivity index is 0.000000198. The van der Waals surface area contributed by atoms with Crippen LogP contribution in [0.4, 0.5) is 0 Å². The van der Waals surface area contributed by atoms with Gasteiger partial charge >= 0.3 is 5.97 Å². The quantitative estimate of drug-likeness (QED) is 0.159. The number of aromatic nitrogens is 1. The zero-order chi connectivity index (χ0) is 45.0. The van der Waals surface area contributed by atoms with Gasteiger partial charge in [-0.05, 0) is 72.5 Å². The van der Waals surface area contributed by atoms with E-state index in [1.807, 2.05) is 37.3 Å². The predicted octanol–water partition coefficient (Wildman–Crippen LogP) is 4.30. The molecule has 1 aromatic heterocycles. The Hall–Kier alpha value is -5.77. The third-order valence-corrected chi connectivity index (χ3v) is 13.1. The van der Waals surface area contributed by atoms with E-state index >= 15 is 0 Å². The zero-order valence-corrected chi connectivity index (χ0v) is 35.8. The van der Waals surface area contributed by atoms with E-state index in [1.54, 1.807) is 43.3 Å². The number of rotatable bonds is 8. The van der Waals surface area contributed by atoms with Gasteiger partial charge in [-0.25, -0.2) is 13.6 Å². The molecule has 0 spiro atoms. The first-order chi connectivity index (χ1) is 30.7. The lowest BCUT2D eigenvalue weighted by Crippen LogP contribution is -2.63. The van der Waals surface area contributed by atoms with Crippen LogP contribution >= 0.6 is 0 Å². The Labute approximate surface area is 367 Å². The molecule has 3 fully saturated rings. The van der Waals surface area contributed by atoms with Crippen LogP contribution in [0, 0.1) is 18.8 Å². The fourth-order valence-electron chi connectivity index (χ4n) is 9.05. The van der Waals surface area contributed by atoms with E-state index in [1.165, 1.54) is 26.4 Å². The highest BCUT2D eigenvalue weighted by Crippen LogP contribution is 2.57. The predicted molar refractivity (Wildman–Crippen MR) is 222 cm³/mol. The fourth-order valence-corrected chi connectivity index (χ4v) is 9.57. The Morgan fingerprint density at radius 3 is 2.16 bits per heavy atom. The number of primary sulfonamides is 1. The Morgan fingerprint density at radius 1 is 0.828 bits per heavy atom. The SMILES string of the molecule is COc1cc([C@@H]2c3cc4c(cc3C(O[C@@H]3O[C@@H]5CO[C@@H](C)O[C@H]5[C@H](O)[C@H]3O)C3COC(=O)[C@@H]32)OCO4)cc(OC)c1O.Cc1onc(-c2ccccc2)c1-c1ccc(S(N)(=O)=O)cc1. The van der Waals surface area contributed by atoms with Gasteiger partial charge in [-0.1, -0.05) is 47.6 Å². The number of methoxy groups -OCH3 is 2. The number of fused-ring (bicyclic) bond motifs is 4. The molecular formula is C45H46N2O16S. The molecule has 0 radical (unpaired) electrons. The average molecular weight is 903 g/mol. The number of esters is 1. The van der Waals surface area contributed by atoms with Crippen LogP contribution in [0.15, 0.2) is 88.3 Å². The highest BCUT2D eigenvalue weighted by Gasteiger charge is 2.56. The van der Waals surface area contributed by atoms with Crippen molar-refractivity contribution in [3.8, 4) is 51.1 Å². The molecule has 0 saturated carbocycles. The van der Waals surface area contributed by atoms with Crippen molar-refractivity contribution < 1.29 is 75.7 Å². The van der Waals surface area contributed by atoms with Crippen LogP contribution in [0.5, 0.6) is 28.7 Å². The molecule has 5 heterocycles. The molecule has 4 aromatic carbocycles. The number of aromatic hydroxyl groups is 1. The van der Waals surface area contributed by atoms with E-state index in [2.05, 4.69) is 5.16 Å². The number of aliphatic hydroxyl groups excluding tert-OH is 2. The van der Waals surface area contributed by atoms with Gasteiger partial charge in [0.15, 0.2) is 35.6 Å². The van der Waals surface area contributed by atoms with Gasteiger partial charge in [0.05, 0.1) is 49.9 Å². The molecule has 3 saturated heterocycles. The van der Waals surface area contributed by atoms with Gasteiger partial charge in [-0.2, -0.15) is 0 Å². The van der Waals surface area contributed by atoms with E-state index in [4.69, 9.17) is 52.3 Å². The highest BCUT2D eigenvalue weighted by molar-refractivity contribution is 7.89. The maximum Gasteiger partial charge on any atom is 0.310 e. The largest absolute Gasteiger partial charge is 0.502 e. The number of phenolic OH excluding ortho intramolecular Hbond substituents is 1. The van der Waals surface area contributed by atoms with Gasteiger partial charge in [0.1, 0.15) is 35.9 Å². The minimum atomic E-state index is -3.70.